The average molecular weight is 570 g/mol. The summed E-state index contributed by atoms with van der Waals surface area (Å²) in [5.74, 6) is 0.823. The zero-order valence-electron chi connectivity index (χ0n) is 22.1. The fraction of sp³-hybridized carbons (Fsp3) is 0.276. The van der Waals surface area contributed by atoms with Crippen molar-refractivity contribution in [3.63, 3.8) is 0 Å². The second-order valence-electron chi connectivity index (χ2n) is 8.54. The first-order chi connectivity index (χ1) is 19.4. The molecule has 10 nitrogen and oxygen atoms in total. The van der Waals surface area contributed by atoms with Crippen LogP contribution < -0.4 is 29.8 Å². The van der Waals surface area contributed by atoms with Crippen molar-refractivity contribution >= 4 is 29.9 Å². The molecule has 3 amide bonds. The molecule has 2 N–H and O–H groups in total. The van der Waals surface area contributed by atoms with Crippen LogP contribution in [0, 0.1) is 0 Å². The summed E-state index contributed by atoms with van der Waals surface area (Å²) in [5, 5.41) is 0.749. The Labute approximate surface area is 238 Å². The molecule has 212 valence electrons. The van der Waals surface area contributed by atoms with E-state index in [1.165, 1.54) is 37.5 Å². The van der Waals surface area contributed by atoms with Gasteiger partial charge >= 0.3 is 18.3 Å². The molecular weight excluding hydrogens is 538 g/mol. The third kappa shape index (κ3) is 10.7. The van der Waals surface area contributed by atoms with E-state index in [1.54, 1.807) is 60.7 Å². The molecule has 0 aliphatic carbocycles. The summed E-state index contributed by atoms with van der Waals surface area (Å²) >= 11 is 6.25. The van der Waals surface area contributed by atoms with E-state index in [0.29, 0.717) is 22.5 Å². The van der Waals surface area contributed by atoms with Gasteiger partial charge in [0.2, 0.25) is 0 Å². The molecular formula is C29H32ClN3O7. The number of rotatable bonds is 11. The molecule has 0 radical (unpaired) electrons. The van der Waals surface area contributed by atoms with E-state index < -0.39 is 18.3 Å². The fourth-order valence-corrected chi connectivity index (χ4v) is 3.58. The summed E-state index contributed by atoms with van der Waals surface area (Å²) < 4.78 is 21.4. The Balaban J connectivity index is 1.63. The predicted molar refractivity (Wildman–Crippen MR) is 149 cm³/mol. The first-order valence-electron chi connectivity index (χ1n) is 13.0. The first-order valence-corrected chi connectivity index (χ1v) is 13.3. The van der Waals surface area contributed by atoms with Crippen molar-refractivity contribution in [2.75, 3.05) is 6.61 Å². The highest BCUT2D eigenvalue weighted by Gasteiger charge is 2.24. The van der Waals surface area contributed by atoms with Crippen molar-refractivity contribution in [3.05, 3.63) is 83.9 Å². The molecule has 3 aromatic carbocycles. The highest BCUT2D eigenvalue weighted by molar-refractivity contribution is 6.32. The minimum absolute atomic E-state index is 0.0637. The number of unbranched alkanes of at least 4 members (excludes halogenated alkanes) is 5. The quantitative estimate of drug-likeness (QED) is 0.184. The maximum atomic E-state index is 13.0. The van der Waals surface area contributed by atoms with Crippen LogP contribution in [0.15, 0.2) is 78.9 Å². The third-order valence-electron chi connectivity index (χ3n) is 5.36. The van der Waals surface area contributed by atoms with Crippen LogP contribution in [0.1, 0.15) is 45.4 Å². The number of hydrogen-bond donors (Lipinski definition) is 2. The van der Waals surface area contributed by atoms with Gasteiger partial charge in [0.1, 0.15) is 23.0 Å². The lowest BCUT2D eigenvalue weighted by molar-refractivity contribution is 0.0862. The van der Waals surface area contributed by atoms with Gasteiger partial charge in [0.05, 0.1) is 11.6 Å². The van der Waals surface area contributed by atoms with E-state index in [1.807, 2.05) is 0 Å². The lowest BCUT2D eigenvalue weighted by Crippen LogP contribution is -2.58. The minimum atomic E-state index is -1.17. The van der Waals surface area contributed by atoms with Gasteiger partial charge in [-0.25, -0.2) is 25.2 Å². The Morgan fingerprint density at radius 2 is 1.25 bits per heavy atom. The normalized spacial score (nSPS) is 10.2. The average Bonchev–Trinajstić information content (AvgIpc) is 2.94. The van der Waals surface area contributed by atoms with Gasteiger partial charge in [-0.15, -0.1) is 5.12 Å². The van der Waals surface area contributed by atoms with E-state index in [4.69, 9.17) is 30.5 Å². The van der Waals surface area contributed by atoms with Crippen molar-refractivity contribution in [2.45, 2.75) is 45.4 Å². The number of nitrogens with one attached hydrogen (secondary N) is 2. The number of carbonyl (C=O) groups excluding carboxylic acids is 3. The van der Waals surface area contributed by atoms with Crippen LogP contribution in [0.4, 0.5) is 14.4 Å². The number of carbonyl (C=O) groups is 3. The molecule has 0 unspecified atom stereocenters. The van der Waals surface area contributed by atoms with E-state index in [-0.39, 0.29) is 17.2 Å². The maximum absolute atomic E-state index is 13.0. The number of nitrogens with zero attached hydrogens (tertiary/aromatic N) is 1. The third-order valence-corrected chi connectivity index (χ3v) is 5.67. The molecule has 0 spiro atoms. The molecule has 3 aromatic rings. The topological polar surface area (TPSA) is 115 Å². The van der Waals surface area contributed by atoms with Crippen molar-refractivity contribution in [2.24, 2.45) is 0 Å². The fourth-order valence-electron chi connectivity index (χ4n) is 3.41. The zero-order valence-corrected chi connectivity index (χ0v) is 22.9. The maximum Gasteiger partial charge on any atom is 0.454 e. The summed E-state index contributed by atoms with van der Waals surface area (Å²) in [5.41, 5.74) is 4.24. The molecule has 0 saturated carbocycles. The molecule has 3 rings (SSSR count). The Morgan fingerprint density at radius 1 is 0.700 bits per heavy atom. The number of halogens is 1. The molecule has 0 aliphatic rings. The van der Waals surface area contributed by atoms with Crippen LogP contribution in [0.5, 0.6) is 23.0 Å². The molecule has 0 aliphatic heterocycles. The highest BCUT2D eigenvalue weighted by atomic mass is 35.5. The smallest absolute Gasteiger partial charge is 0.454 e. The van der Waals surface area contributed by atoms with Gasteiger partial charge in [-0.2, -0.15) is 0 Å². The van der Waals surface area contributed by atoms with Crippen LogP contribution in [0.3, 0.4) is 0 Å². The molecule has 0 aromatic heterocycles. The van der Waals surface area contributed by atoms with Crippen molar-refractivity contribution in [3.8, 4) is 23.0 Å². The molecule has 0 fully saturated rings. The molecule has 0 atom stereocenters. The number of benzene rings is 3. The van der Waals surface area contributed by atoms with Crippen LogP contribution in [0.2, 0.25) is 5.02 Å². The lowest BCUT2D eigenvalue weighted by atomic mass is 10.1. The van der Waals surface area contributed by atoms with Gasteiger partial charge in [0.15, 0.2) is 0 Å². The largest absolute Gasteiger partial charge is 0.492 e. The van der Waals surface area contributed by atoms with Crippen LogP contribution in [-0.4, -0.2) is 30.0 Å². The number of ether oxygens (including phenoxy) is 4. The van der Waals surface area contributed by atoms with Crippen molar-refractivity contribution in [1.29, 1.82) is 0 Å². The SMILES string of the molecule is CCCCCCCCOc1cc(OC(=O)N(NC(=O)Oc2ccccc2)NC(=O)Oc2ccccc2)ccc1Cl. The standard InChI is InChI=1S/C29H32ClN3O7/c1-2-3-4-5-6-13-20-37-26-21-24(18-19-25(26)30)40-29(36)33(31-27(34)38-22-14-9-7-10-15-22)32-28(35)39-23-16-11-8-12-17-23/h7-12,14-19,21H,2-6,13,20H2,1H3,(H,31,34)(H,32,35). The molecule has 0 saturated heterocycles. The van der Waals surface area contributed by atoms with Crippen LogP contribution >= 0.6 is 11.6 Å². The van der Waals surface area contributed by atoms with Gasteiger partial charge in [-0.1, -0.05) is 87.0 Å². The Morgan fingerprint density at radius 3 is 1.82 bits per heavy atom. The number of hydrogen-bond acceptors (Lipinski definition) is 7. The number of amides is 3. The van der Waals surface area contributed by atoms with Crippen LogP contribution in [-0.2, 0) is 0 Å². The van der Waals surface area contributed by atoms with Crippen molar-refractivity contribution < 1.29 is 33.3 Å². The van der Waals surface area contributed by atoms with Gasteiger partial charge < -0.3 is 18.9 Å². The van der Waals surface area contributed by atoms with E-state index >= 15 is 0 Å². The monoisotopic (exact) mass is 569 g/mol. The molecule has 0 bridgehead atoms. The number of hydrazine groups is 2. The summed E-state index contributed by atoms with van der Waals surface area (Å²) in [7, 11) is 0. The summed E-state index contributed by atoms with van der Waals surface area (Å²) in [6, 6.07) is 20.7. The predicted octanol–water partition coefficient (Wildman–Crippen LogP) is 7.29. The lowest BCUT2D eigenvalue weighted by Gasteiger charge is -2.22. The Bertz CT molecular complexity index is 1170. The summed E-state index contributed by atoms with van der Waals surface area (Å²) in [6.45, 7) is 2.62. The van der Waals surface area contributed by atoms with Crippen molar-refractivity contribution in [1.82, 2.24) is 16.0 Å². The molecule has 0 heterocycles. The minimum Gasteiger partial charge on any atom is -0.492 e. The second-order valence-corrected chi connectivity index (χ2v) is 8.95. The number of para-hydroxylation sites is 2. The van der Waals surface area contributed by atoms with E-state index in [0.717, 1.165) is 19.3 Å². The van der Waals surface area contributed by atoms with Gasteiger partial charge in [0, 0.05) is 6.07 Å². The zero-order chi connectivity index (χ0) is 28.6. The van der Waals surface area contributed by atoms with Gasteiger partial charge in [-0.3, -0.25) is 0 Å². The Hall–Kier alpha value is -4.44. The summed E-state index contributed by atoms with van der Waals surface area (Å²) in [4.78, 5) is 37.8. The second kappa shape index (κ2) is 16.5. The molecule has 40 heavy (non-hydrogen) atoms. The van der Waals surface area contributed by atoms with Gasteiger partial charge in [-0.05, 0) is 42.8 Å². The summed E-state index contributed by atoms with van der Waals surface area (Å²) in [6.07, 6.45) is 3.33. The van der Waals surface area contributed by atoms with Gasteiger partial charge in [0.25, 0.3) is 0 Å². The highest BCUT2D eigenvalue weighted by Crippen LogP contribution is 2.29. The Kier molecular flexibility index (Phi) is 12.4. The van der Waals surface area contributed by atoms with Crippen LogP contribution in [0.25, 0.3) is 0 Å². The molecule has 11 heteroatoms. The first kappa shape index (κ1) is 30.1. The van der Waals surface area contributed by atoms with E-state index in [2.05, 4.69) is 17.8 Å². The van der Waals surface area contributed by atoms with E-state index in [9.17, 15) is 14.4 Å².